The van der Waals surface area contributed by atoms with E-state index < -0.39 is 0 Å². The molecule has 0 atom stereocenters. The molecule has 0 unspecified atom stereocenters. The Hall–Kier alpha value is -5.80. The van der Waals surface area contributed by atoms with Crippen molar-refractivity contribution in [1.29, 1.82) is 0 Å². The minimum absolute atomic E-state index is 0. The van der Waals surface area contributed by atoms with E-state index in [4.69, 9.17) is 19.0 Å². The van der Waals surface area contributed by atoms with E-state index in [1.54, 1.807) is 0 Å². The van der Waals surface area contributed by atoms with Gasteiger partial charge in [0.15, 0.2) is 0 Å². The summed E-state index contributed by atoms with van der Waals surface area (Å²) in [7, 11) is 0. The molecule has 0 aromatic carbocycles. The number of aryl methyl sites for hydroxylation is 4. The monoisotopic (exact) mass is 2060 g/mol. The van der Waals surface area contributed by atoms with Crippen molar-refractivity contribution < 1.29 is 9.05 Å². The van der Waals surface area contributed by atoms with Gasteiger partial charge in [0.05, 0.1) is 82.5 Å². The van der Waals surface area contributed by atoms with Gasteiger partial charge in [-0.2, -0.15) is 10.2 Å². The fourth-order valence-electron chi connectivity index (χ4n) is 15.6. The number of H-pyrrole nitrogens is 2. The van der Waals surface area contributed by atoms with Gasteiger partial charge in [0.2, 0.25) is 0 Å². The van der Waals surface area contributed by atoms with E-state index in [2.05, 4.69) is 541 Å². The Morgan fingerprint density at radius 2 is 0.486 bits per heavy atom. The Bertz CT molecular complexity index is 4520. The molecule has 10 aromatic rings. The van der Waals surface area contributed by atoms with Crippen molar-refractivity contribution in [2.45, 2.75) is 607 Å². The Kier molecular flexibility index (Phi) is 48.0. The molecule has 0 radical (unpaired) electrons. The highest BCUT2D eigenvalue weighted by molar-refractivity contribution is 7.13. The molecule has 20 heteroatoms. The number of hydrogen-bond donors (Lipinski definition) is 2. The molecule has 2 N–H and O–H groups in total. The van der Waals surface area contributed by atoms with Crippen molar-refractivity contribution in [3.8, 4) is 0 Å². The van der Waals surface area contributed by atoms with Crippen molar-refractivity contribution in [3.05, 3.63) is 164 Å². The number of rotatable bonds is 0. The molecule has 142 heavy (non-hydrogen) atoms. The lowest BCUT2D eigenvalue weighted by Gasteiger charge is -2.22. The molecule has 0 amide bonds. The molecular weight excluding hydrogens is 1840 g/mol. The van der Waals surface area contributed by atoms with E-state index in [1.165, 1.54) is 123 Å². The van der Waals surface area contributed by atoms with Crippen LogP contribution < -0.4 is 0 Å². The van der Waals surface area contributed by atoms with Crippen LogP contribution in [0.15, 0.2) is 21.2 Å². The summed E-state index contributed by atoms with van der Waals surface area (Å²) in [4.78, 5) is 27.4. The van der Waals surface area contributed by atoms with Crippen molar-refractivity contribution in [1.82, 2.24) is 65.6 Å². The zero-order valence-electron chi connectivity index (χ0n) is 105. The molecule has 0 fully saturated rings. The normalized spacial score (nSPS) is 13.1. The number of thiophene rings is 1. The highest BCUT2D eigenvalue weighted by Crippen LogP contribution is 2.44. The molecule has 0 aliphatic rings. The summed E-state index contributed by atoms with van der Waals surface area (Å²) in [5, 5.41) is 37.0. The summed E-state index contributed by atoms with van der Waals surface area (Å²) in [6.07, 6.45) is 0. The molecule has 0 aliphatic carbocycles. The SMILES string of the molecule is C.CC.CC(C)(C)c1ccc(C(C)(C)C)s1.Cc1c(C(C)(C)C)n[nH]c1C(C)(C)C.Cc1c(C(C)(C)C)n[nH]c1C(C)(C)C.Cc1c(C(C)(C)C)nnn1C(C)(C)C.Cc1c(C(C)(C)C)noc1C(C)(C)C.Cc1c(C(C)(C)C)noc1C(C)(C)C.Cc1nc(C(C)(C)C)sc1C(C)(C)C.Cc1nc(C(C)(C)C)sc1C(C)(C)C.Cc1sc(C(C)(C)C)nc1C(C)(C)C.Cc1sc(C(C)(C)C)nc1C(C)(C)C. The summed E-state index contributed by atoms with van der Waals surface area (Å²) in [5.41, 5.74) is 22.2. The van der Waals surface area contributed by atoms with E-state index in [9.17, 15) is 0 Å². The van der Waals surface area contributed by atoms with Gasteiger partial charge in [0, 0.05) is 133 Å². The first-order valence-electron chi connectivity index (χ1n) is 51.9. The standard InChI is InChI=1S/2C12H22N2.2C12H21NO.4C12H21NS.C12H20S.C11H21N3.C2H6.CH4/c4*1-8-9(11(2,3)4)13-14-10(8)12(5,6)7;2*1-8-9(11(2,3)4)13-10(14-8)12(5,6)7;2*1-8-9(11(2,3)4)14-10(13-8)12(5,6)7;1-11(2,3)9-7-8-10(13-9)12(4,5)6;1-8-9(10(2,3)4)12-13-14(8)11(5,6)7;1-2;/h2*1-7H3,(H,13,14);6*1-7H3;7-8H,1-6H3;1-7H3;1-2H3;1H4. The van der Waals surface area contributed by atoms with Crippen LogP contribution >= 0.6 is 56.7 Å². The van der Waals surface area contributed by atoms with Crippen molar-refractivity contribution in [3.63, 3.8) is 0 Å². The number of nitrogens with zero attached hydrogens (tertiary/aromatic N) is 11. The third kappa shape index (κ3) is 42.7. The third-order valence-electron chi connectivity index (χ3n) is 22.4. The maximum atomic E-state index is 5.44. The van der Waals surface area contributed by atoms with Crippen LogP contribution in [0, 0.1) is 62.3 Å². The second-order valence-corrected chi connectivity index (χ2v) is 64.8. The zero-order chi connectivity index (χ0) is 113. The molecule has 10 rings (SSSR count). The topological polar surface area (TPSA) is 192 Å². The third-order valence-corrected chi connectivity index (χ3v) is 31.2. The number of hydrogen-bond acceptors (Lipinski definition) is 17. The lowest BCUT2D eigenvalue weighted by molar-refractivity contribution is 0.318. The van der Waals surface area contributed by atoms with Gasteiger partial charge in [-0.25, -0.2) is 24.6 Å². The Labute approximate surface area is 895 Å². The number of aromatic nitrogens is 13. The van der Waals surface area contributed by atoms with Crippen LogP contribution in [0.3, 0.4) is 0 Å². The molecule has 0 aliphatic heterocycles. The highest BCUT2D eigenvalue weighted by Gasteiger charge is 2.37. The second-order valence-electron chi connectivity index (χ2n) is 59.3. The van der Waals surface area contributed by atoms with Gasteiger partial charge in [-0.15, -0.1) is 61.8 Å². The predicted octanol–water partition coefficient (Wildman–Crippen LogP) is 38.6. The molecule has 0 saturated carbocycles. The quantitative estimate of drug-likeness (QED) is 0.146. The van der Waals surface area contributed by atoms with E-state index in [1.807, 2.05) is 75.2 Å². The Morgan fingerprint density at radius 1 is 0.246 bits per heavy atom. The number of aromatic amines is 2. The van der Waals surface area contributed by atoms with Crippen LogP contribution in [0.25, 0.3) is 0 Å². The van der Waals surface area contributed by atoms with Crippen LogP contribution in [0.4, 0.5) is 0 Å². The lowest BCUT2D eigenvalue weighted by atomic mass is 9.84. The summed E-state index contributed by atoms with van der Waals surface area (Å²) in [6, 6.07) is 4.54. The highest BCUT2D eigenvalue weighted by atomic mass is 32.1. The van der Waals surface area contributed by atoms with Gasteiger partial charge in [-0.3, -0.25) is 10.2 Å². The summed E-state index contributed by atoms with van der Waals surface area (Å²) < 4.78 is 12.9. The van der Waals surface area contributed by atoms with Gasteiger partial charge in [0.1, 0.15) is 11.5 Å². The van der Waals surface area contributed by atoms with Crippen molar-refractivity contribution in [2.24, 2.45) is 0 Å². The summed E-state index contributed by atoms with van der Waals surface area (Å²) in [6.45, 7) is 155. The Morgan fingerprint density at radius 3 is 0.606 bits per heavy atom. The van der Waals surface area contributed by atoms with Crippen LogP contribution in [-0.4, -0.2) is 65.6 Å². The molecule has 15 nitrogen and oxygen atoms in total. The van der Waals surface area contributed by atoms with Gasteiger partial charge in [-0.1, -0.05) is 431 Å². The molecule has 0 spiro atoms. The van der Waals surface area contributed by atoms with Crippen LogP contribution in [-0.2, 0) is 108 Å². The van der Waals surface area contributed by atoms with Gasteiger partial charge in [-0.05, 0) is 128 Å². The molecule has 0 bridgehead atoms. The van der Waals surface area contributed by atoms with Crippen LogP contribution in [0.5, 0.6) is 0 Å². The van der Waals surface area contributed by atoms with Gasteiger partial charge in [0.25, 0.3) is 0 Å². The van der Waals surface area contributed by atoms with Crippen LogP contribution in [0.1, 0.15) is 588 Å². The maximum Gasteiger partial charge on any atom is 0.145 e. The predicted molar refractivity (Wildman–Crippen MR) is 634 cm³/mol. The largest absolute Gasteiger partial charge is 0.360 e. The first kappa shape index (κ1) is 138. The van der Waals surface area contributed by atoms with E-state index in [0.717, 1.165) is 28.6 Å². The zero-order valence-corrected chi connectivity index (χ0v) is 109. The first-order valence-corrected chi connectivity index (χ1v) is 56.0. The number of thiazole rings is 4. The Balaban J connectivity index is 0. The van der Waals surface area contributed by atoms with Crippen molar-refractivity contribution >= 4 is 56.7 Å². The minimum atomic E-state index is 0. The average molecular weight is 2060 g/mol. The molecule has 0 saturated heterocycles. The van der Waals surface area contributed by atoms with E-state index in [0.29, 0.717) is 10.8 Å². The smallest absolute Gasteiger partial charge is 0.145 e. The molecular formula is C122H221N13O2S5. The average Bonchev–Trinajstić information content (AvgIpc) is 1.65. The number of nitrogens with one attached hydrogen (secondary N) is 2. The molecule has 10 aromatic heterocycles. The fourth-order valence-corrected chi connectivity index (χ4v) is 21.5. The van der Waals surface area contributed by atoms with Crippen molar-refractivity contribution in [2.75, 3.05) is 0 Å². The fraction of sp³-hybridized carbons (Fsp3) is 0.754. The van der Waals surface area contributed by atoms with Gasteiger partial charge < -0.3 is 9.05 Å². The molecule has 816 valence electrons. The summed E-state index contributed by atoms with van der Waals surface area (Å²) >= 11 is 9.35. The van der Waals surface area contributed by atoms with E-state index >= 15 is 0 Å². The first-order chi connectivity index (χ1) is 61.9. The van der Waals surface area contributed by atoms with E-state index in [-0.39, 0.29) is 105 Å². The summed E-state index contributed by atoms with van der Waals surface area (Å²) in [5.74, 6) is 2.00. The minimum Gasteiger partial charge on any atom is -0.360 e. The maximum absolute atomic E-state index is 5.44. The van der Waals surface area contributed by atoms with Crippen LogP contribution in [0.2, 0.25) is 0 Å². The molecule has 10 heterocycles. The van der Waals surface area contributed by atoms with Gasteiger partial charge >= 0.3 is 0 Å². The lowest BCUT2D eigenvalue weighted by Crippen LogP contribution is -2.25. The second kappa shape index (κ2) is 49.3.